The van der Waals surface area contributed by atoms with Gasteiger partial charge in [0.1, 0.15) is 0 Å². The topological polar surface area (TPSA) is 9.23 Å². The standard InChI is InChI=1S/C13H26OSi/c1-9-10-11-13(5,6)14-15(7,8)12(2,3)4/h1H,10-11H2,2-8H3/i5D3,6D3. The van der Waals surface area contributed by atoms with Gasteiger partial charge in [0.2, 0.25) is 0 Å². The smallest absolute Gasteiger partial charge is 0.192 e. The molecule has 0 aliphatic rings. The van der Waals surface area contributed by atoms with Crippen LogP contribution in [-0.2, 0) is 4.43 Å². The molecule has 0 spiro atoms. The summed E-state index contributed by atoms with van der Waals surface area (Å²) in [7, 11) is -2.60. The van der Waals surface area contributed by atoms with Crippen LogP contribution in [-0.4, -0.2) is 13.9 Å². The molecule has 2 heteroatoms. The van der Waals surface area contributed by atoms with Crippen molar-refractivity contribution < 1.29 is 12.7 Å². The Morgan fingerprint density at radius 3 is 2.20 bits per heavy atom. The quantitative estimate of drug-likeness (QED) is 0.521. The first-order valence-corrected chi connectivity index (χ1v) is 8.06. The Morgan fingerprint density at radius 1 is 1.33 bits per heavy atom. The summed E-state index contributed by atoms with van der Waals surface area (Å²) < 4.78 is 52.5. The molecule has 0 amide bonds. The molecule has 0 bridgehead atoms. The zero-order valence-electron chi connectivity index (χ0n) is 16.4. The fraction of sp³-hybridized carbons (Fsp3) is 0.846. The zero-order valence-corrected chi connectivity index (χ0v) is 11.4. The molecule has 0 aromatic carbocycles. The van der Waals surface area contributed by atoms with E-state index in [9.17, 15) is 0 Å². The first-order chi connectivity index (χ1) is 9.02. The Morgan fingerprint density at radius 2 is 1.87 bits per heavy atom. The average molecular weight is 232 g/mol. The molecule has 0 saturated heterocycles. The molecule has 0 N–H and O–H groups in total. The number of rotatable bonds is 4. The molecule has 0 atom stereocenters. The van der Waals surface area contributed by atoms with E-state index in [0.717, 1.165) is 0 Å². The van der Waals surface area contributed by atoms with E-state index in [0.29, 0.717) is 0 Å². The first kappa shape index (κ1) is 7.14. The summed E-state index contributed by atoms with van der Waals surface area (Å²) in [5.74, 6) is 2.33. The lowest BCUT2D eigenvalue weighted by Crippen LogP contribution is -2.47. The summed E-state index contributed by atoms with van der Waals surface area (Å²) in [6.07, 6.45) is 5.05. The molecule has 1 nitrogen and oxygen atoms in total. The maximum absolute atomic E-state index is 7.76. The highest BCUT2D eigenvalue weighted by Gasteiger charge is 2.41. The molecular weight excluding hydrogens is 200 g/mol. The van der Waals surface area contributed by atoms with Crippen LogP contribution in [0.25, 0.3) is 0 Å². The monoisotopic (exact) mass is 232 g/mol. The number of hydrogen-bond donors (Lipinski definition) is 0. The predicted molar refractivity (Wildman–Crippen MR) is 70.4 cm³/mol. The van der Waals surface area contributed by atoms with Gasteiger partial charge >= 0.3 is 0 Å². The minimum Gasteiger partial charge on any atom is -0.412 e. The summed E-state index contributed by atoms with van der Waals surface area (Å²) >= 11 is 0. The molecule has 0 aromatic heterocycles. The normalized spacial score (nSPS) is 21.3. The van der Waals surface area contributed by atoms with E-state index in [1.54, 1.807) is 0 Å². The van der Waals surface area contributed by atoms with E-state index in [1.165, 1.54) is 0 Å². The summed E-state index contributed by atoms with van der Waals surface area (Å²) in [6.45, 7) is 3.94. The minimum atomic E-state index is -2.77. The third kappa shape index (κ3) is 4.86. The van der Waals surface area contributed by atoms with E-state index in [1.807, 2.05) is 33.9 Å². The van der Waals surface area contributed by atoms with Crippen molar-refractivity contribution in [2.45, 2.75) is 71.0 Å². The minimum absolute atomic E-state index is 0.0470. The van der Waals surface area contributed by atoms with Crippen molar-refractivity contribution in [1.82, 2.24) is 0 Å². The van der Waals surface area contributed by atoms with Gasteiger partial charge in [0.15, 0.2) is 8.32 Å². The Hall–Kier alpha value is -0.263. The van der Waals surface area contributed by atoms with Gasteiger partial charge < -0.3 is 4.43 Å². The molecule has 0 aromatic rings. The van der Waals surface area contributed by atoms with Gasteiger partial charge in [-0.1, -0.05) is 20.8 Å². The van der Waals surface area contributed by atoms with E-state index in [2.05, 4.69) is 5.92 Å². The summed E-state index contributed by atoms with van der Waals surface area (Å²) in [6, 6.07) is 0. The van der Waals surface area contributed by atoms with Crippen LogP contribution in [0.3, 0.4) is 0 Å². The average Bonchev–Trinajstić information content (AvgIpc) is 2.18. The molecule has 0 fully saturated rings. The SMILES string of the molecule is [2H]C([2H])([2H])C(CCC#C)(O[Si](C)(C)C(C)(C)C)C([2H])([2H])[2H]. The fourth-order valence-corrected chi connectivity index (χ4v) is 2.17. The number of hydrogen-bond acceptors (Lipinski definition) is 1. The van der Waals surface area contributed by atoms with E-state index >= 15 is 0 Å². The van der Waals surface area contributed by atoms with Crippen LogP contribution >= 0.6 is 0 Å². The van der Waals surface area contributed by atoms with Crippen molar-refractivity contribution in [3.05, 3.63) is 0 Å². The molecule has 0 rings (SSSR count). The maximum atomic E-state index is 7.76. The van der Waals surface area contributed by atoms with Crippen LogP contribution in [0.15, 0.2) is 0 Å². The molecule has 0 aliphatic heterocycles. The van der Waals surface area contributed by atoms with Crippen LogP contribution in [0.4, 0.5) is 0 Å². The van der Waals surface area contributed by atoms with Gasteiger partial charge in [0, 0.05) is 14.6 Å². The van der Waals surface area contributed by atoms with Crippen molar-refractivity contribution >= 4 is 8.32 Å². The van der Waals surface area contributed by atoms with Gasteiger partial charge in [-0.15, -0.1) is 12.3 Å². The molecule has 88 valence electrons. The second kappa shape index (κ2) is 4.72. The zero-order chi connectivity index (χ0) is 17.3. The lowest BCUT2D eigenvalue weighted by Gasteiger charge is -2.42. The van der Waals surface area contributed by atoms with Crippen LogP contribution in [0.5, 0.6) is 0 Å². The van der Waals surface area contributed by atoms with E-state index in [-0.39, 0.29) is 17.9 Å². The van der Waals surface area contributed by atoms with Crippen LogP contribution in [0.1, 0.15) is 55.5 Å². The lowest BCUT2D eigenvalue weighted by atomic mass is 10.0. The molecule has 15 heavy (non-hydrogen) atoms. The van der Waals surface area contributed by atoms with Gasteiger partial charge in [0.05, 0.1) is 5.60 Å². The van der Waals surface area contributed by atoms with Crippen molar-refractivity contribution in [2.24, 2.45) is 0 Å². The van der Waals surface area contributed by atoms with Crippen molar-refractivity contribution in [3.63, 3.8) is 0 Å². The van der Waals surface area contributed by atoms with E-state index < -0.39 is 27.6 Å². The molecule has 0 saturated carbocycles. The summed E-state index contributed by atoms with van der Waals surface area (Å²) in [4.78, 5) is 0. The first-order valence-electron chi connectivity index (χ1n) is 8.15. The molecule has 0 heterocycles. The maximum Gasteiger partial charge on any atom is 0.192 e. The Bertz CT molecular complexity index is 383. The molecular formula is C13H26OSi. The highest BCUT2D eigenvalue weighted by atomic mass is 28.4. The number of terminal acetylenes is 1. The third-order valence-corrected chi connectivity index (χ3v) is 7.33. The third-order valence-electron chi connectivity index (χ3n) is 2.86. The Balaban J connectivity index is 5.99. The molecule has 0 aliphatic carbocycles. The van der Waals surface area contributed by atoms with Crippen LogP contribution < -0.4 is 0 Å². The Kier molecular flexibility index (Phi) is 2.24. The Labute approximate surface area is 105 Å². The highest BCUT2D eigenvalue weighted by Crippen LogP contribution is 2.39. The van der Waals surface area contributed by atoms with Crippen molar-refractivity contribution in [2.75, 3.05) is 0 Å². The van der Waals surface area contributed by atoms with Gasteiger partial charge in [0.25, 0.3) is 0 Å². The molecule has 0 radical (unpaired) electrons. The van der Waals surface area contributed by atoms with Crippen molar-refractivity contribution in [1.29, 1.82) is 0 Å². The van der Waals surface area contributed by atoms with Gasteiger partial charge in [-0.05, 0) is 38.3 Å². The molecule has 0 unspecified atom stereocenters. The lowest BCUT2D eigenvalue weighted by molar-refractivity contribution is 0.0840. The fourth-order valence-electron chi connectivity index (χ4n) is 0.888. The van der Waals surface area contributed by atoms with Gasteiger partial charge in [-0.3, -0.25) is 0 Å². The second-order valence-corrected chi connectivity index (χ2v) is 10.1. The summed E-state index contributed by atoms with van der Waals surface area (Å²) in [5.41, 5.74) is -2.21. The summed E-state index contributed by atoms with van der Waals surface area (Å²) in [5, 5.41) is -0.301. The predicted octanol–water partition coefficient (Wildman–Crippen LogP) is 4.20. The largest absolute Gasteiger partial charge is 0.412 e. The van der Waals surface area contributed by atoms with Crippen LogP contribution in [0, 0.1) is 12.3 Å². The van der Waals surface area contributed by atoms with Crippen LogP contribution in [0.2, 0.25) is 18.1 Å². The van der Waals surface area contributed by atoms with Gasteiger partial charge in [-0.2, -0.15) is 0 Å². The van der Waals surface area contributed by atoms with E-state index in [4.69, 9.17) is 19.1 Å². The van der Waals surface area contributed by atoms with Crippen molar-refractivity contribution in [3.8, 4) is 12.3 Å². The highest BCUT2D eigenvalue weighted by molar-refractivity contribution is 6.74. The van der Waals surface area contributed by atoms with Gasteiger partial charge in [-0.25, -0.2) is 0 Å². The second-order valence-electron chi connectivity index (χ2n) is 5.39.